The van der Waals surface area contributed by atoms with E-state index in [1.54, 1.807) is 27.1 Å². The highest BCUT2D eigenvalue weighted by atomic mass is 35.5. The monoisotopic (exact) mass is 701 g/mol. The van der Waals surface area contributed by atoms with Crippen molar-refractivity contribution in [1.82, 2.24) is 24.1 Å². The largest absolute Gasteiger partial charge is 0.481 e. The molecule has 14 heteroatoms. The zero-order valence-corrected chi connectivity index (χ0v) is 28.8. The molecule has 1 saturated heterocycles. The van der Waals surface area contributed by atoms with Crippen LogP contribution in [0.2, 0.25) is 10.0 Å². The van der Waals surface area contributed by atoms with Gasteiger partial charge in [0.1, 0.15) is 23.1 Å². The molecule has 1 aliphatic heterocycles. The zero-order chi connectivity index (χ0) is 34.6. The van der Waals surface area contributed by atoms with Crippen molar-refractivity contribution in [2.45, 2.75) is 38.3 Å². The Morgan fingerprint density at radius 2 is 1.73 bits per heavy atom. The van der Waals surface area contributed by atoms with E-state index in [1.807, 2.05) is 36.4 Å². The molecular formula is C35H33Cl2N7O5. The third-order valence-corrected chi connectivity index (χ3v) is 9.85. The van der Waals surface area contributed by atoms with Crippen LogP contribution in [0.15, 0.2) is 57.0 Å². The average molecular weight is 703 g/mol. The molecule has 2 aromatic carbocycles. The first-order valence-corrected chi connectivity index (χ1v) is 16.5. The summed E-state index contributed by atoms with van der Waals surface area (Å²) in [5.74, 6) is 1.07. The number of hydrogen-bond acceptors (Lipinski definition) is 10. The molecule has 12 nitrogen and oxygen atoms in total. The van der Waals surface area contributed by atoms with Crippen LogP contribution >= 0.6 is 23.2 Å². The van der Waals surface area contributed by atoms with Crippen molar-refractivity contribution in [1.29, 1.82) is 0 Å². The van der Waals surface area contributed by atoms with E-state index in [1.165, 1.54) is 11.6 Å². The van der Waals surface area contributed by atoms with E-state index >= 15 is 0 Å². The Labute approximate surface area is 291 Å². The number of benzene rings is 2. The minimum absolute atomic E-state index is 0.158. The molecule has 2 aliphatic rings. The molecule has 2 N–H and O–H groups in total. The summed E-state index contributed by atoms with van der Waals surface area (Å²) in [6, 6.07) is 13.0. The van der Waals surface area contributed by atoms with Crippen molar-refractivity contribution in [2.75, 3.05) is 25.6 Å². The van der Waals surface area contributed by atoms with Crippen LogP contribution in [0, 0.1) is 6.92 Å². The molecule has 1 fully saturated rings. The van der Waals surface area contributed by atoms with Crippen molar-refractivity contribution in [3.63, 3.8) is 0 Å². The lowest BCUT2D eigenvalue weighted by Gasteiger charge is -2.22. The third-order valence-electron chi connectivity index (χ3n) is 9.04. The van der Waals surface area contributed by atoms with Crippen LogP contribution in [-0.4, -0.2) is 61.3 Å². The normalized spacial score (nSPS) is 18.2. The molecule has 5 aromatic rings. The first kappa shape index (κ1) is 32.9. The molecule has 4 heterocycles. The molecule has 0 saturated carbocycles. The van der Waals surface area contributed by atoms with E-state index < -0.39 is 17.4 Å². The Morgan fingerprint density at radius 3 is 2.49 bits per heavy atom. The lowest BCUT2D eigenvalue weighted by Crippen LogP contribution is -2.37. The van der Waals surface area contributed by atoms with Gasteiger partial charge < -0.3 is 19.9 Å². The topological polar surface area (TPSA) is 146 Å². The number of aliphatic hydroxyl groups is 1. The molecule has 0 bridgehead atoms. The lowest BCUT2D eigenvalue weighted by atomic mass is 9.99. The first-order chi connectivity index (χ1) is 23.6. The fourth-order valence-corrected chi connectivity index (χ4v) is 7.15. The summed E-state index contributed by atoms with van der Waals surface area (Å²) in [4.78, 5) is 44.4. The highest BCUT2D eigenvalue weighted by molar-refractivity contribution is 6.39. The van der Waals surface area contributed by atoms with Crippen LogP contribution in [0.5, 0.6) is 5.88 Å². The van der Waals surface area contributed by atoms with Gasteiger partial charge in [-0.05, 0) is 37.5 Å². The van der Waals surface area contributed by atoms with E-state index in [0.717, 1.165) is 34.2 Å². The molecule has 2 atom stereocenters. The van der Waals surface area contributed by atoms with E-state index in [-0.39, 0.29) is 29.5 Å². The number of nitrogens with one attached hydrogen (secondary N) is 1. The van der Waals surface area contributed by atoms with E-state index in [0.29, 0.717) is 62.8 Å². The number of pyridine rings is 1. The molecule has 0 amide bonds. The summed E-state index contributed by atoms with van der Waals surface area (Å²) in [6.07, 6.45) is 1.45. The molecule has 252 valence electrons. The maximum atomic E-state index is 13.2. The third kappa shape index (κ3) is 5.78. The molecule has 49 heavy (non-hydrogen) atoms. The van der Waals surface area contributed by atoms with Gasteiger partial charge in [0.05, 0.1) is 47.8 Å². The maximum Gasteiger partial charge on any atom is 0.332 e. The van der Waals surface area contributed by atoms with Gasteiger partial charge in [-0.2, -0.15) is 0 Å². The summed E-state index contributed by atoms with van der Waals surface area (Å²) in [5, 5.41) is 14.6. The summed E-state index contributed by atoms with van der Waals surface area (Å²) in [7, 11) is 4.55. The highest BCUT2D eigenvalue weighted by Gasteiger charge is 2.30. The summed E-state index contributed by atoms with van der Waals surface area (Å²) in [5.41, 5.74) is 5.09. The second kappa shape index (κ2) is 13.0. The van der Waals surface area contributed by atoms with Gasteiger partial charge in [-0.1, -0.05) is 53.5 Å². The number of methoxy groups -OCH3 is 1. The fourth-order valence-electron chi connectivity index (χ4n) is 6.55. The average Bonchev–Trinajstić information content (AvgIpc) is 3.50. The smallest absolute Gasteiger partial charge is 0.332 e. The van der Waals surface area contributed by atoms with Crippen molar-refractivity contribution >= 4 is 51.5 Å². The first-order valence-electron chi connectivity index (χ1n) is 15.8. The Kier molecular flexibility index (Phi) is 8.74. The van der Waals surface area contributed by atoms with Crippen LogP contribution in [0.3, 0.4) is 0 Å². The Morgan fingerprint density at radius 1 is 1.00 bits per heavy atom. The molecular weight excluding hydrogens is 669 g/mol. The number of aliphatic imine (C=N–C) groups is 1. The van der Waals surface area contributed by atoms with Crippen LogP contribution in [-0.2, 0) is 25.3 Å². The predicted octanol–water partition coefficient (Wildman–Crippen LogP) is 5.33. The quantitative estimate of drug-likeness (QED) is 0.240. The van der Waals surface area contributed by atoms with Gasteiger partial charge in [0.15, 0.2) is 5.65 Å². The summed E-state index contributed by atoms with van der Waals surface area (Å²) >= 11 is 14.2. The Bertz CT molecular complexity index is 2300. The van der Waals surface area contributed by atoms with Gasteiger partial charge in [0, 0.05) is 48.5 Å². The maximum absolute atomic E-state index is 13.2. The lowest BCUT2D eigenvalue weighted by molar-refractivity contribution is 0.0524. The van der Waals surface area contributed by atoms with Crippen LogP contribution in [0.1, 0.15) is 35.8 Å². The Balaban J connectivity index is 1.27. The van der Waals surface area contributed by atoms with Gasteiger partial charge in [0.2, 0.25) is 5.88 Å². The van der Waals surface area contributed by atoms with E-state index in [2.05, 4.69) is 15.3 Å². The van der Waals surface area contributed by atoms with Crippen molar-refractivity contribution in [2.24, 2.45) is 19.1 Å². The number of aliphatic hydroxyl groups excluding tert-OH is 1. The number of aromatic nitrogens is 5. The minimum atomic E-state index is -0.704. The van der Waals surface area contributed by atoms with Crippen LogP contribution in [0.25, 0.3) is 33.4 Å². The van der Waals surface area contributed by atoms with E-state index in [9.17, 15) is 14.7 Å². The number of fused-ring (bicyclic) bond motifs is 2. The number of anilines is 2. The SMILES string of the molecule is COc1nc(-c2cccc(-c3cccc(Nc4nc(C)nc5c4c(=O)n(C)c(=O)n5C)c3Cl)c2Cl)cc2c1[C@@H](N=C1CCOC[C@H]1O)CC2. The minimum Gasteiger partial charge on any atom is -0.481 e. The van der Waals surface area contributed by atoms with Gasteiger partial charge in [-0.25, -0.2) is 19.7 Å². The molecule has 0 unspecified atom stereocenters. The van der Waals surface area contributed by atoms with Crippen LogP contribution < -0.4 is 21.3 Å². The van der Waals surface area contributed by atoms with E-state index in [4.69, 9.17) is 42.7 Å². The number of nitrogens with zero attached hydrogens (tertiary/aromatic N) is 6. The second-order valence-corrected chi connectivity index (χ2v) is 12.8. The number of ether oxygens (including phenoxy) is 2. The zero-order valence-electron chi connectivity index (χ0n) is 27.3. The number of rotatable bonds is 6. The van der Waals surface area contributed by atoms with Crippen molar-refractivity contribution in [3.8, 4) is 28.3 Å². The molecule has 3 aromatic heterocycles. The predicted molar refractivity (Wildman–Crippen MR) is 190 cm³/mol. The van der Waals surface area contributed by atoms with Crippen molar-refractivity contribution in [3.05, 3.63) is 90.3 Å². The summed E-state index contributed by atoms with van der Waals surface area (Å²) in [6.45, 7) is 2.48. The molecule has 1 aliphatic carbocycles. The van der Waals surface area contributed by atoms with Crippen molar-refractivity contribution < 1.29 is 14.6 Å². The second-order valence-electron chi connectivity index (χ2n) is 12.1. The standard InChI is InChI=1S/C35H33Cl2N7O5/c1-17-38-31(28-32(39-17)43(2)35(47)44(3)34(28)46)41-24-10-6-8-20(30(24)37)19-7-5-9-21(29(19)36)25-15-18-11-12-23(27(18)33(42-25)48-4)40-22-13-14-49-16-26(22)45/h5-10,15,23,26,45H,11-14,16H2,1-4H3,(H,38,39,41)/t23-,26+/m0/s1. The van der Waals surface area contributed by atoms with Crippen LogP contribution in [0.4, 0.5) is 11.5 Å². The molecule has 0 spiro atoms. The summed E-state index contributed by atoms with van der Waals surface area (Å²) < 4.78 is 13.5. The molecule has 7 rings (SSSR count). The number of hydrogen-bond donors (Lipinski definition) is 2. The Hall–Kier alpha value is -4.62. The van der Waals surface area contributed by atoms with Gasteiger partial charge in [0.25, 0.3) is 5.56 Å². The van der Waals surface area contributed by atoms with Gasteiger partial charge >= 0.3 is 5.69 Å². The van der Waals surface area contributed by atoms with Gasteiger partial charge in [-0.3, -0.25) is 18.9 Å². The fraction of sp³-hybridized carbons (Fsp3) is 0.314. The van der Waals surface area contributed by atoms with Gasteiger partial charge in [-0.15, -0.1) is 0 Å². The number of aryl methyl sites for hydroxylation is 3. The number of halogens is 2. The highest BCUT2D eigenvalue weighted by Crippen LogP contribution is 2.45. The molecule has 0 radical (unpaired) electrons.